The van der Waals surface area contributed by atoms with Gasteiger partial charge in [-0.15, -0.1) is 0 Å². The van der Waals surface area contributed by atoms with Crippen molar-refractivity contribution in [1.82, 2.24) is 15.5 Å². The highest BCUT2D eigenvalue weighted by atomic mass is 16.5. The number of aliphatic imine (C=N–C) groups is 1. The third kappa shape index (κ3) is 8.88. The second-order valence-corrected chi connectivity index (χ2v) is 7.03. The van der Waals surface area contributed by atoms with Crippen LogP contribution >= 0.6 is 0 Å². The van der Waals surface area contributed by atoms with E-state index in [0.717, 1.165) is 44.0 Å². The maximum Gasteiger partial charge on any atom is 0.190 e. The molecule has 5 nitrogen and oxygen atoms in total. The topological polar surface area (TPSA) is 48.9 Å². The fraction of sp³-hybridized carbons (Fsp3) is 0.947. The van der Waals surface area contributed by atoms with Crippen LogP contribution in [0.15, 0.2) is 4.99 Å². The van der Waals surface area contributed by atoms with E-state index in [4.69, 9.17) is 4.74 Å². The van der Waals surface area contributed by atoms with Gasteiger partial charge in [0.15, 0.2) is 5.96 Å². The van der Waals surface area contributed by atoms with Gasteiger partial charge in [0.05, 0.1) is 6.61 Å². The number of nitrogens with one attached hydrogen (secondary N) is 2. The molecule has 5 heteroatoms. The van der Waals surface area contributed by atoms with Gasteiger partial charge in [0, 0.05) is 33.8 Å². The largest absolute Gasteiger partial charge is 0.383 e. The minimum atomic E-state index is 0.754. The van der Waals surface area contributed by atoms with Gasteiger partial charge >= 0.3 is 0 Å². The predicted molar refractivity (Wildman–Crippen MR) is 104 cm³/mol. The first-order chi connectivity index (χ1) is 11.7. The Morgan fingerprint density at radius 2 is 2.00 bits per heavy atom. The molecule has 0 aromatic rings. The maximum absolute atomic E-state index is 5.17. The van der Waals surface area contributed by atoms with Gasteiger partial charge in [0.2, 0.25) is 0 Å². The van der Waals surface area contributed by atoms with Crippen LogP contribution < -0.4 is 10.6 Å². The fourth-order valence-electron chi connectivity index (χ4n) is 3.28. The second kappa shape index (κ2) is 13.5. The molecular formula is C19H40N4O. The fourth-order valence-corrected chi connectivity index (χ4v) is 3.28. The normalized spacial score (nSPS) is 18.6. The first-order valence-electron chi connectivity index (χ1n) is 9.89. The van der Waals surface area contributed by atoms with Gasteiger partial charge < -0.3 is 20.3 Å². The number of hydrogen-bond acceptors (Lipinski definition) is 3. The van der Waals surface area contributed by atoms with Crippen molar-refractivity contribution in [1.29, 1.82) is 0 Å². The van der Waals surface area contributed by atoms with Gasteiger partial charge in [-0.3, -0.25) is 4.99 Å². The standard InChI is InChI=1S/C19H40N4O/c1-5-7-8-17(6-2)15-21-19(20-3)22-16-18-9-11-23(12-10-18)13-14-24-4/h17-18H,5-16H2,1-4H3,(H2,20,21,22). The Morgan fingerprint density at radius 1 is 1.25 bits per heavy atom. The lowest BCUT2D eigenvalue weighted by atomic mass is 9.97. The van der Waals surface area contributed by atoms with Crippen molar-refractivity contribution in [3.8, 4) is 0 Å². The summed E-state index contributed by atoms with van der Waals surface area (Å²) in [6.07, 6.45) is 7.70. The summed E-state index contributed by atoms with van der Waals surface area (Å²) in [7, 11) is 3.65. The van der Waals surface area contributed by atoms with E-state index in [1.165, 1.54) is 51.6 Å². The zero-order chi connectivity index (χ0) is 17.6. The van der Waals surface area contributed by atoms with Crippen molar-refractivity contribution in [3.63, 3.8) is 0 Å². The molecule has 0 aliphatic carbocycles. The molecule has 0 amide bonds. The van der Waals surface area contributed by atoms with E-state index in [2.05, 4.69) is 34.4 Å². The molecule has 0 bridgehead atoms. The Bertz CT molecular complexity index is 327. The van der Waals surface area contributed by atoms with Crippen molar-refractivity contribution in [2.24, 2.45) is 16.8 Å². The van der Waals surface area contributed by atoms with E-state index in [1.54, 1.807) is 7.11 Å². The number of nitrogens with zero attached hydrogens (tertiary/aromatic N) is 2. The van der Waals surface area contributed by atoms with E-state index in [1.807, 2.05) is 7.05 Å². The summed E-state index contributed by atoms with van der Waals surface area (Å²) in [4.78, 5) is 6.89. The van der Waals surface area contributed by atoms with E-state index >= 15 is 0 Å². The summed E-state index contributed by atoms with van der Waals surface area (Å²) >= 11 is 0. The van der Waals surface area contributed by atoms with Crippen LogP contribution in [0.4, 0.5) is 0 Å². The molecule has 0 radical (unpaired) electrons. The number of rotatable bonds is 11. The number of hydrogen-bond donors (Lipinski definition) is 2. The average Bonchev–Trinajstić information content (AvgIpc) is 2.63. The van der Waals surface area contributed by atoms with Crippen LogP contribution in [0.25, 0.3) is 0 Å². The van der Waals surface area contributed by atoms with Crippen LogP contribution in [-0.4, -0.2) is 64.3 Å². The molecule has 0 spiro atoms. The quantitative estimate of drug-likeness (QED) is 0.448. The zero-order valence-electron chi connectivity index (χ0n) is 16.4. The van der Waals surface area contributed by atoms with Gasteiger partial charge in [-0.2, -0.15) is 0 Å². The van der Waals surface area contributed by atoms with Crippen molar-refractivity contribution in [3.05, 3.63) is 0 Å². The highest BCUT2D eigenvalue weighted by Crippen LogP contribution is 2.16. The molecule has 1 atom stereocenters. The van der Waals surface area contributed by atoms with Crippen LogP contribution in [0.2, 0.25) is 0 Å². The molecule has 1 rings (SSSR count). The first-order valence-corrected chi connectivity index (χ1v) is 9.89. The third-order valence-corrected chi connectivity index (χ3v) is 5.20. The van der Waals surface area contributed by atoms with E-state index in [0.29, 0.717) is 0 Å². The number of likely N-dealkylation sites (tertiary alicyclic amines) is 1. The highest BCUT2D eigenvalue weighted by Gasteiger charge is 2.19. The number of guanidine groups is 1. The Labute approximate surface area is 149 Å². The molecule has 0 saturated carbocycles. The Balaban J connectivity index is 2.20. The molecule has 1 fully saturated rings. The molecule has 0 aromatic heterocycles. The van der Waals surface area contributed by atoms with Crippen molar-refractivity contribution < 1.29 is 4.74 Å². The monoisotopic (exact) mass is 340 g/mol. The summed E-state index contributed by atoms with van der Waals surface area (Å²) in [5.74, 6) is 2.48. The van der Waals surface area contributed by atoms with Crippen LogP contribution in [0.5, 0.6) is 0 Å². The van der Waals surface area contributed by atoms with Crippen LogP contribution in [0.3, 0.4) is 0 Å². The minimum absolute atomic E-state index is 0.754. The van der Waals surface area contributed by atoms with Gasteiger partial charge in [-0.25, -0.2) is 0 Å². The van der Waals surface area contributed by atoms with E-state index in [-0.39, 0.29) is 0 Å². The Kier molecular flexibility index (Phi) is 11.9. The summed E-state index contributed by atoms with van der Waals surface area (Å²) in [5.41, 5.74) is 0. The molecule has 1 heterocycles. The lowest BCUT2D eigenvalue weighted by molar-refractivity contribution is 0.121. The van der Waals surface area contributed by atoms with Gasteiger partial charge in [0.1, 0.15) is 0 Å². The van der Waals surface area contributed by atoms with Gasteiger partial charge in [-0.05, 0) is 44.2 Å². The lowest BCUT2D eigenvalue weighted by Gasteiger charge is -2.32. The van der Waals surface area contributed by atoms with Crippen molar-refractivity contribution in [2.75, 3.05) is 53.5 Å². The molecule has 1 saturated heterocycles. The SMILES string of the molecule is CCCCC(CC)CNC(=NC)NCC1CCN(CCOC)CC1. The lowest BCUT2D eigenvalue weighted by Crippen LogP contribution is -2.44. The molecule has 0 aromatic carbocycles. The van der Waals surface area contributed by atoms with E-state index < -0.39 is 0 Å². The second-order valence-electron chi connectivity index (χ2n) is 7.03. The van der Waals surface area contributed by atoms with Crippen molar-refractivity contribution >= 4 is 5.96 Å². The van der Waals surface area contributed by atoms with E-state index in [9.17, 15) is 0 Å². The summed E-state index contributed by atoms with van der Waals surface area (Å²) < 4.78 is 5.17. The van der Waals surface area contributed by atoms with Crippen LogP contribution in [0.1, 0.15) is 52.4 Å². The number of methoxy groups -OCH3 is 1. The Morgan fingerprint density at radius 3 is 2.58 bits per heavy atom. The average molecular weight is 341 g/mol. The molecular weight excluding hydrogens is 300 g/mol. The molecule has 142 valence electrons. The smallest absolute Gasteiger partial charge is 0.190 e. The molecule has 1 aliphatic heterocycles. The molecule has 24 heavy (non-hydrogen) atoms. The summed E-state index contributed by atoms with van der Waals surface area (Å²) in [6, 6.07) is 0. The summed E-state index contributed by atoms with van der Waals surface area (Å²) in [5, 5.41) is 7.05. The molecule has 1 aliphatic rings. The number of unbranched alkanes of at least 4 members (excludes halogenated alkanes) is 1. The first kappa shape index (κ1) is 21.2. The molecule has 2 N–H and O–H groups in total. The zero-order valence-corrected chi connectivity index (χ0v) is 16.4. The van der Waals surface area contributed by atoms with Crippen LogP contribution in [0, 0.1) is 11.8 Å². The number of ether oxygens (including phenoxy) is 1. The number of piperidine rings is 1. The molecule has 1 unspecified atom stereocenters. The minimum Gasteiger partial charge on any atom is -0.383 e. The van der Waals surface area contributed by atoms with Gasteiger partial charge in [0.25, 0.3) is 0 Å². The summed E-state index contributed by atoms with van der Waals surface area (Å²) in [6.45, 7) is 10.9. The van der Waals surface area contributed by atoms with Crippen LogP contribution in [-0.2, 0) is 4.74 Å². The van der Waals surface area contributed by atoms with Gasteiger partial charge in [-0.1, -0.05) is 33.1 Å². The predicted octanol–water partition coefficient (Wildman–Crippen LogP) is 2.73. The van der Waals surface area contributed by atoms with Crippen molar-refractivity contribution in [2.45, 2.75) is 52.4 Å². The maximum atomic E-state index is 5.17. The third-order valence-electron chi connectivity index (χ3n) is 5.20. The highest BCUT2D eigenvalue weighted by molar-refractivity contribution is 5.79. The Hall–Kier alpha value is -0.810.